The van der Waals surface area contributed by atoms with Crippen LogP contribution < -0.4 is 5.32 Å². The molecule has 0 aliphatic carbocycles. The van der Waals surface area contributed by atoms with Crippen molar-refractivity contribution in [1.82, 2.24) is 25.1 Å². The lowest BCUT2D eigenvalue weighted by atomic mass is 9.80. The highest BCUT2D eigenvalue weighted by Crippen LogP contribution is 2.37. The third-order valence-electron chi connectivity index (χ3n) is 8.17. The summed E-state index contributed by atoms with van der Waals surface area (Å²) in [6, 6.07) is 14.9. The standard InChI is InChI=1S/C30H33N5O3/c1-16-8-7-11-20-19(16)13-22(31-20)28(37)34-14-24-23(34)15-35(24)29(38)26(30(3,4)5)33-27(36)21-12-18-10-6-9-17(2)25(18)32-21/h6-13,23-24,26,31-32H,14-15H2,1-5H3,(H,33,36). The molecule has 2 saturated heterocycles. The first-order valence-corrected chi connectivity index (χ1v) is 13.1. The number of nitrogens with one attached hydrogen (secondary N) is 3. The van der Waals surface area contributed by atoms with Crippen molar-refractivity contribution >= 4 is 39.5 Å². The molecule has 38 heavy (non-hydrogen) atoms. The van der Waals surface area contributed by atoms with E-state index in [0.717, 1.165) is 32.9 Å². The Balaban J connectivity index is 1.14. The zero-order valence-corrected chi connectivity index (χ0v) is 22.4. The number of H-pyrrole nitrogens is 2. The van der Waals surface area contributed by atoms with Crippen LogP contribution >= 0.6 is 0 Å². The van der Waals surface area contributed by atoms with E-state index in [-0.39, 0.29) is 29.8 Å². The molecule has 3 atom stereocenters. The summed E-state index contributed by atoms with van der Waals surface area (Å²) in [6.07, 6.45) is 0. The number of likely N-dealkylation sites (tertiary alicyclic amines) is 2. The molecule has 2 fully saturated rings. The van der Waals surface area contributed by atoms with Gasteiger partial charge in [-0.1, -0.05) is 51.1 Å². The van der Waals surface area contributed by atoms with Crippen LogP contribution in [0.5, 0.6) is 0 Å². The average Bonchev–Trinajstić information content (AvgIpc) is 3.49. The van der Waals surface area contributed by atoms with E-state index in [4.69, 9.17) is 0 Å². The number of benzene rings is 2. The average molecular weight is 512 g/mol. The summed E-state index contributed by atoms with van der Waals surface area (Å²) >= 11 is 0. The van der Waals surface area contributed by atoms with Gasteiger partial charge in [0, 0.05) is 34.9 Å². The molecule has 0 saturated carbocycles. The Kier molecular flexibility index (Phi) is 5.42. The van der Waals surface area contributed by atoms with E-state index in [1.807, 2.05) is 92.9 Å². The van der Waals surface area contributed by atoms with Gasteiger partial charge in [0.05, 0.1) is 12.1 Å². The van der Waals surface area contributed by atoms with Gasteiger partial charge >= 0.3 is 0 Å². The number of aryl methyl sites for hydroxylation is 2. The smallest absolute Gasteiger partial charge is 0.270 e. The van der Waals surface area contributed by atoms with Crippen LogP contribution in [0.4, 0.5) is 0 Å². The molecule has 2 aromatic heterocycles. The maximum Gasteiger partial charge on any atom is 0.270 e. The predicted molar refractivity (Wildman–Crippen MR) is 147 cm³/mol. The van der Waals surface area contributed by atoms with Crippen LogP contribution in [0, 0.1) is 19.3 Å². The summed E-state index contributed by atoms with van der Waals surface area (Å²) in [5.41, 5.74) is 4.58. The van der Waals surface area contributed by atoms with Gasteiger partial charge in [-0.3, -0.25) is 14.4 Å². The first-order valence-electron chi connectivity index (χ1n) is 13.1. The Labute approximate surface area is 221 Å². The Morgan fingerprint density at radius 1 is 0.895 bits per heavy atom. The molecule has 196 valence electrons. The first kappa shape index (κ1) is 24.3. The number of rotatable bonds is 4. The number of nitrogens with zero attached hydrogens (tertiary/aromatic N) is 2. The molecule has 0 bridgehead atoms. The normalized spacial score (nSPS) is 19.6. The van der Waals surface area contributed by atoms with Crippen LogP contribution in [0.15, 0.2) is 48.5 Å². The molecule has 2 aliphatic rings. The molecule has 3 N–H and O–H groups in total. The van der Waals surface area contributed by atoms with Gasteiger partial charge in [-0.2, -0.15) is 0 Å². The molecule has 2 aromatic carbocycles. The van der Waals surface area contributed by atoms with E-state index < -0.39 is 11.5 Å². The van der Waals surface area contributed by atoms with E-state index in [2.05, 4.69) is 15.3 Å². The minimum absolute atomic E-state index is 0.00644. The number of amides is 3. The Morgan fingerprint density at radius 2 is 1.58 bits per heavy atom. The number of aromatic nitrogens is 2. The van der Waals surface area contributed by atoms with Crippen molar-refractivity contribution in [3.05, 3.63) is 71.0 Å². The minimum Gasteiger partial charge on any atom is -0.351 e. The lowest BCUT2D eigenvalue weighted by molar-refractivity contribution is -0.163. The summed E-state index contributed by atoms with van der Waals surface area (Å²) in [7, 11) is 0. The van der Waals surface area contributed by atoms with Crippen LogP contribution in [-0.4, -0.2) is 68.7 Å². The van der Waals surface area contributed by atoms with E-state index in [1.165, 1.54) is 0 Å². The largest absolute Gasteiger partial charge is 0.351 e. The van der Waals surface area contributed by atoms with Gasteiger partial charge in [-0.05, 0) is 48.6 Å². The topological polar surface area (TPSA) is 101 Å². The van der Waals surface area contributed by atoms with Crippen LogP contribution in [-0.2, 0) is 4.79 Å². The molecule has 4 heterocycles. The number of para-hydroxylation sites is 1. The van der Waals surface area contributed by atoms with Crippen molar-refractivity contribution < 1.29 is 14.4 Å². The first-order chi connectivity index (χ1) is 18.0. The van der Waals surface area contributed by atoms with Gasteiger partial charge in [0.2, 0.25) is 5.91 Å². The molecule has 8 heteroatoms. The van der Waals surface area contributed by atoms with Crippen molar-refractivity contribution in [3.8, 4) is 0 Å². The van der Waals surface area contributed by atoms with Crippen LogP contribution in [0.25, 0.3) is 21.8 Å². The Bertz CT molecular complexity index is 1610. The van der Waals surface area contributed by atoms with Gasteiger partial charge < -0.3 is 25.1 Å². The highest BCUT2D eigenvalue weighted by molar-refractivity contribution is 6.02. The van der Waals surface area contributed by atoms with E-state index in [9.17, 15) is 14.4 Å². The fraction of sp³-hybridized carbons (Fsp3) is 0.367. The zero-order chi connectivity index (χ0) is 26.9. The van der Waals surface area contributed by atoms with Crippen molar-refractivity contribution in [2.45, 2.75) is 52.7 Å². The van der Waals surface area contributed by atoms with Gasteiger partial charge in [0.1, 0.15) is 17.4 Å². The summed E-state index contributed by atoms with van der Waals surface area (Å²) in [4.78, 5) is 50.2. The van der Waals surface area contributed by atoms with E-state index in [1.54, 1.807) is 0 Å². The highest BCUT2D eigenvalue weighted by atomic mass is 16.2. The van der Waals surface area contributed by atoms with Gasteiger partial charge in [-0.25, -0.2) is 0 Å². The number of hydrogen-bond donors (Lipinski definition) is 3. The number of carbonyl (C=O) groups excluding carboxylic acids is 3. The number of hydrogen-bond acceptors (Lipinski definition) is 3. The fourth-order valence-corrected chi connectivity index (χ4v) is 5.77. The third-order valence-corrected chi connectivity index (χ3v) is 8.17. The number of carbonyl (C=O) groups is 3. The zero-order valence-electron chi connectivity index (χ0n) is 22.4. The Morgan fingerprint density at radius 3 is 2.24 bits per heavy atom. The van der Waals surface area contributed by atoms with Crippen LogP contribution in [0.3, 0.4) is 0 Å². The van der Waals surface area contributed by atoms with Crippen LogP contribution in [0.2, 0.25) is 0 Å². The van der Waals surface area contributed by atoms with E-state index in [0.29, 0.717) is 24.5 Å². The maximum absolute atomic E-state index is 13.6. The van der Waals surface area contributed by atoms with Gasteiger partial charge in [0.25, 0.3) is 11.8 Å². The lowest BCUT2D eigenvalue weighted by Gasteiger charge is -2.62. The molecular weight excluding hydrogens is 478 g/mol. The quantitative estimate of drug-likeness (QED) is 0.384. The third kappa shape index (κ3) is 3.78. The van der Waals surface area contributed by atoms with Gasteiger partial charge in [0.15, 0.2) is 0 Å². The second-order valence-electron chi connectivity index (χ2n) is 11.8. The monoisotopic (exact) mass is 511 g/mol. The second kappa shape index (κ2) is 8.48. The van der Waals surface area contributed by atoms with Gasteiger partial charge in [-0.15, -0.1) is 0 Å². The molecule has 3 amide bonds. The molecule has 0 radical (unpaired) electrons. The summed E-state index contributed by atoms with van der Waals surface area (Å²) < 4.78 is 0. The predicted octanol–water partition coefficient (Wildman–Crippen LogP) is 4.15. The minimum atomic E-state index is -0.690. The molecule has 6 rings (SSSR count). The molecule has 2 aliphatic heterocycles. The van der Waals surface area contributed by atoms with Crippen molar-refractivity contribution in [2.24, 2.45) is 5.41 Å². The molecule has 4 aromatic rings. The Hall–Kier alpha value is -4.07. The van der Waals surface area contributed by atoms with Crippen LogP contribution in [0.1, 0.15) is 52.9 Å². The summed E-state index contributed by atoms with van der Waals surface area (Å²) in [5, 5.41) is 5.01. The van der Waals surface area contributed by atoms with Crippen molar-refractivity contribution in [1.29, 1.82) is 0 Å². The number of fused-ring (bicyclic) bond motifs is 3. The molecular formula is C30H33N5O3. The molecule has 3 unspecified atom stereocenters. The summed E-state index contributed by atoms with van der Waals surface area (Å²) in [5.74, 6) is -0.443. The van der Waals surface area contributed by atoms with Crippen molar-refractivity contribution in [3.63, 3.8) is 0 Å². The molecule has 8 nitrogen and oxygen atoms in total. The summed E-state index contributed by atoms with van der Waals surface area (Å²) in [6.45, 7) is 10.9. The second-order valence-corrected chi connectivity index (χ2v) is 11.8. The maximum atomic E-state index is 13.6. The van der Waals surface area contributed by atoms with E-state index >= 15 is 0 Å². The number of piperazine rings is 1. The molecule has 0 spiro atoms. The highest BCUT2D eigenvalue weighted by Gasteiger charge is 2.57. The SMILES string of the molecule is Cc1cccc2[nH]c(C(=O)N3CC4C3CN4C(=O)C(NC(=O)c3cc4cccc(C)c4[nH]3)C(C)(C)C)cc12. The van der Waals surface area contributed by atoms with Crippen molar-refractivity contribution in [2.75, 3.05) is 13.1 Å². The number of aromatic amines is 2. The lowest BCUT2D eigenvalue weighted by Crippen LogP contribution is -2.82. The fourth-order valence-electron chi connectivity index (χ4n) is 5.77.